The van der Waals surface area contributed by atoms with Crippen LogP contribution in [0.2, 0.25) is 0 Å². The molecule has 0 radical (unpaired) electrons. The number of phenolic OH excluding ortho intramolecular Hbond substituents is 1. The van der Waals surface area contributed by atoms with Crippen molar-refractivity contribution in [1.29, 1.82) is 0 Å². The molecule has 1 aromatic rings. The Morgan fingerprint density at radius 3 is 2.23 bits per heavy atom. The molecule has 0 bridgehead atoms. The van der Waals surface area contributed by atoms with E-state index in [2.05, 4.69) is 0 Å². The average molecular weight is 212 g/mol. The summed E-state index contributed by atoms with van der Waals surface area (Å²) in [5.41, 5.74) is 11.8. The van der Waals surface area contributed by atoms with E-state index in [1.54, 1.807) is 12.1 Å². The normalized spacial score (nSPS) is 9.54. The monoisotopic (exact) mass is 212 g/mol. The van der Waals surface area contributed by atoms with Gasteiger partial charge >= 0.3 is 0 Å². The second kappa shape index (κ2) is 3.68. The van der Waals surface area contributed by atoms with E-state index in [4.69, 9.17) is 35.9 Å². The number of phenols is 1. The Morgan fingerprint density at radius 2 is 1.77 bits per heavy atom. The molecule has 0 atom stereocenters. The van der Waals surface area contributed by atoms with Crippen LogP contribution in [0.1, 0.15) is 11.1 Å². The van der Waals surface area contributed by atoms with E-state index in [1.165, 1.54) is 6.07 Å². The van der Waals surface area contributed by atoms with Crippen LogP contribution in [0.3, 0.4) is 0 Å². The molecule has 13 heavy (non-hydrogen) atoms. The van der Waals surface area contributed by atoms with Crippen molar-refractivity contribution < 1.29 is 5.11 Å². The molecule has 1 rings (SSSR count). The van der Waals surface area contributed by atoms with Gasteiger partial charge in [-0.15, -0.1) is 0 Å². The van der Waals surface area contributed by atoms with Gasteiger partial charge in [0.15, 0.2) is 0 Å². The van der Waals surface area contributed by atoms with Crippen molar-refractivity contribution in [1.82, 2.24) is 0 Å². The molecule has 0 unspecified atom stereocenters. The summed E-state index contributed by atoms with van der Waals surface area (Å²) in [4.78, 5) is 0.369. The van der Waals surface area contributed by atoms with E-state index in [-0.39, 0.29) is 15.7 Å². The lowest BCUT2D eigenvalue weighted by Gasteiger charge is -2.04. The van der Waals surface area contributed by atoms with Gasteiger partial charge in [0.2, 0.25) is 0 Å². The summed E-state index contributed by atoms with van der Waals surface area (Å²) in [6.45, 7) is 0. The van der Waals surface area contributed by atoms with Crippen LogP contribution in [-0.4, -0.2) is 15.1 Å². The zero-order chi connectivity index (χ0) is 10.0. The fourth-order valence-electron chi connectivity index (χ4n) is 0.887. The van der Waals surface area contributed by atoms with Gasteiger partial charge in [-0.05, 0) is 18.2 Å². The summed E-state index contributed by atoms with van der Waals surface area (Å²) in [7, 11) is 0. The number of rotatable bonds is 2. The van der Waals surface area contributed by atoms with Gasteiger partial charge in [0, 0.05) is 5.56 Å². The van der Waals surface area contributed by atoms with Crippen LogP contribution < -0.4 is 11.5 Å². The SMILES string of the molecule is NC(=S)c1ccc(O)c(C(N)=S)c1. The topological polar surface area (TPSA) is 72.3 Å². The van der Waals surface area contributed by atoms with Crippen molar-refractivity contribution >= 4 is 34.4 Å². The standard InChI is InChI=1S/C8H8N2OS2/c9-7(12)4-1-2-6(11)5(3-4)8(10)13/h1-3,11H,(H2,9,12)(H2,10,13). The third-order valence-corrected chi connectivity index (χ3v) is 2.00. The van der Waals surface area contributed by atoms with Gasteiger partial charge in [0.25, 0.3) is 0 Å². The molecule has 0 fully saturated rings. The zero-order valence-electron chi connectivity index (χ0n) is 6.65. The van der Waals surface area contributed by atoms with Gasteiger partial charge in [0.05, 0.1) is 5.56 Å². The van der Waals surface area contributed by atoms with Crippen LogP contribution in [-0.2, 0) is 0 Å². The number of benzene rings is 1. The minimum Gasteiger partial charge on any atom is -0.507 e. The van der Waals surface area contributed by atoms with Crippen molar-refractivity contribution in [2.24, 2.45) is 11.5 Å². The maximum Gasteiger partial charge on any atom is 0.125 e. The first kappa shape index (κ1) is 9.88. The summed E-state index contributed by atoms with van der Waals surface area (Å²) in [6, 6.07) is 4.64. The lowest BCUT2D eigenvalue weighted by atomic mass is 10.1. The highest BCUT2D eigenvalue weighted by Gasteiger charge is 2.06. The van der Waals surface area contributed by atoms with Crippen molar-refractivity contribution in [3.8, 4) is 5.75 Å². The van der Waals surface area contributed by atoms with Crippen LogP contribution in [0.15, 0.2) is 18.2 Å². The Bertz CT molecular complexity index is 376. The second-order valence-corrected chi connectivity index (χ2v) is 3.34. The Labute approximate surface area is 86.4 Å². The molecule has 5 N–H and O–H groups in total. The molecule has 0 saturated heterocycles. The van der Waals surface area contributed by atoms with E-state index in [0.717, 1.165) is 0 Å². The Balaban J connectivity index is 3.27. The Kier molecular flexibility index (Phi) is 2.79. The molecule has 68 valence electrons. The molecule has 5 heteroatoms. The quantitative estimate of drug-likeness (QED) is 0.628. The highest BCUT2D eigenvalue weighted by molar-refractivity contribution is 7.81. The van der Waals surface area contributed by atoms with E-state index in [9.17, 15) is 5.11 Å². The maximum atomic E-state index is 9.34. The molecule has 0 amide bonds. The van der Waals surface area contributed by atoms with Crippen LogP contribution in [0.4, 0.5) is 0 Å². The van der Waals surface area contributed by atoms with Crippen LogP contribution in [0.25, 0.3) is 0 Å². The van der Waals surface area contributed by atoms with Gasteiger partial charge < -0.3 is 16.6 Å². The highest BCUT2D eigenvalue weighted by atomic mass is 32.1. The molecule has 1 aromatic carbocycles. The molecule has 0 saturated carbocycles. The van der Waals surface area contributed by atoms with Gasteiger partial charge in [-0.2, -0.15) is 0 Å². The Hall–Kier alpha value is -1.20. The highest BCUT2D eigenvalue weighted by Crippen LogP contribution is 2.18. The lowest BCUT2D eigenvalue weighted by molar-refractivity contribution is 0.474. The number of thiocarbonyl (C=S) groups is 2. The average Bonchev–Trinajstić information content (AvgIpc) is 2.04. The smallest absolute Gasteiger partial charge is 0.125 e. The largest absolute Gasteiger partial charge is 0.507 e. The van der Waals surface area contributed by atoms with Gasteiger partial charge in [-0.1, -0.05) is 24.4 Å². The molecule has 0 spiro atoms. The first-order chi connectivity index (χ1) is 6.02. The van der Waals surface area contributed by atoms with Gasteiger partial charge in [0.1, 0.15) is 15.7 Å². The van der Waals surface area contributed by atoms with Crippen molar-refractivity contribution in [2.75, 3.05) is 0 Å². The minimum absolute atomic E-state index is 0.0347. The molecular weight excluding hydrogens is 204 g/mol. The maximum absolute atomic E-state index is 9.34. The second-order valence-electron chi connectivity index (χ2n) is 2.46. The Morgan fingerprint density at radius 1 is 1.15 bits per heavy atom. The minimum atomic E-state index is 0.0347. The fourth-order valence-corrected chi connectivity index (χ4v) is 1.18. The molecule has 0 aliphatic heterocycles. The van der Waals surface area contributed by atoms with Crippen LogP contribution in [0.5, 0.6) is 5.75 Å². The number of hydrogen-bond acceptors (Lipinski definition) is 3. The van der Waals surface area contributed by atoms with Crippen molar-refractivity contribution in [3.05, 3.63) is 29.3 Å². The third kappa shape index (κ3) is 2.13. The molecular formula is C8H8N2OS2. The van der Waals surface area contributed by atoms with Gasteiger partial charge in [-0.3, -0.25) is 0 Å². The lowest BCUT2D eigenvalue weighted by Crippen LogP contribution is -2.13. The predicted molar refractivity (Wildman–Crippen MR) is 59.9 cm³/mol. The summed E-state index contributed by atoms with van der Waals surface area (Å²) < 4.78 is 0. The van der Waals surface area contributed by atoms with Gasteiger partial charge in [-0.25, -0.2) is 0 Å². The first-order valence-electron chi connectivity index (χ1n) is 3.45. The number of nitrogens with two attached hydrogens (primary N) is 2. The van der Waals surface area contributed by atoms with E-state index in [1.807, 2.05) is 0 Å². The summed E-state index contributed by atoms with van der Waals surface area (Å²) in [5, 5.41) is 9.34. The molecule has 0 heterocycles. The third-order valence-electron chi connectivity index (χ3n) is 1.55. The van der Waals surface area contributed by atoms with Crippen molar-refractivity contribution in [2.45, 2.75) is 0 Å². The molecule has 0 aliphatic rings. The van der Waals surface area contributed by atoms with Crippen molar-refractivity contribution in [3.63, 3.8) is 0 Å². The van der Waals surface area contributed by atoms with E-state index < -0.39 is 0 Å². The van der Waals surface area contributed by atoms with Crippen LogP contribution >= 0.6 is 24.4 Å². The fraction of sp³-hybridized carbons (Fsp3) is 0. The first-order valence-corrected chi connectivity index (χ1v) is 4.26. The van der Waals surface area contributed by atoms with Crippen LogP contribution in [0, 0.1) is 0 Å². The number of aromatic hydroxyl groups is 1. The summed E-state index contributed by atoms with van der Waals surface area (Å²) in [5.74, 6) is 0.0347. The number of hydrogen-bond donors (Lipinski definition) is 3. The van der Waals surface area contributed by atoms with E-state index >= 15 is 0 Å². The predicted octanol–water partition coefficient (Wildman–Crippen LogP) is 0.661. The summed E-state index contributed by atoms with van der Waals surface area (Å²) in [6.07, 6.45) is 0. The molecule has 0 aliphatic carbocycles. The van der Waals surface area contributed by atoms with E-state index in [0.29, 0.717) is 11.1 Å². The molecule has 3 nitrogen and oxygen atoms in total. The zero-order valence-corrected chi connectivity index (χ0v) is 8.28. The summed E-state index contributed by atoms with van der Waals surface area (Å²) >= 11 is 9.49. The molecule has 0 aromatic heterocycles.